The third-order valence-corrected chi connectivity index (χ3v) is 2.53. The van der Waals surface area contributed by atoms with E-state index in [0.29, 0.717) is 13.1 Å². The van der Waals surface area contributed by atoms with Crippen LogP contribution in [0.1, 0.15) is 13.8 Å². The van der Waals surface area contributed by atoms with Gasteiger partial charge in [-0.05, 0) is 27.9 Å². The van der Waals surface area contributed by atoms with Crippen molar-refractivity contribution in [3.05, 3.63) is 0 Å². The van der Waals surface area contributed by atoms with Crippen LogP contribution in [0.4, 0.5) is 0 Å². The Hall–Kier alpha value is -0.940. The zero-order valence-electron chi connectivity index (χ0n) is 9.83. The van der Waals surface area contributed by atoms with Crippen LogP contribution in [0.5, 0.6) is 0 Å². The summed E-state index contributed by atoms with van der Waals surface area (Å²) < 4.78 is 0. The molecule has 0 bridgehead atoms. The molecule has 0 aromatic heterocycles. The third-order valence-electron chi connectivity index (χ3n) is 2.53. The number of likely N-dealkylation sites (N-methyl/N-ethyl adjacent to an activating group) is 1. The molecule has 5 heteroatoms. The summed E-state index contributed by atoms with van der Waals surface area (Å²) in [6.45, 7) is 5.00. The summed E-state index contributed by atoms with van der Waals surface area (Å²) in [6.07, 6.45) is 0. The van der Waals surface area contributed by atoms with Crippen molar-refractivity contribution < 1.29 is 9.59 Å². The van der Waals surface area contributed by atoms with Gasteiger partial charge < -0.3 is 4.90 Å². The van der Waals surface area contributed by atoms with Gasteiger partial charge in [-0.2, -0.15) is 0 Å². The number of carbonyl (C=O) groups is 2. The van der Waals surface area contributed by atoms with Gasteiger partial charge in [0.05, 0.1) is 12.1 Å². The number of imide groups is 1. The first kappa shape index (κ1) is 12.1. The molecule has 0 spiro atoms. The molecule has 0 aromatic rings. The molecule has 86 valence electrons. The van der Waals surface area contributed by atoms with Crippen LogP contribution in [0, 0.1) is 0 Å². The fourth-order valence-electron chi connectivity index (χ4n) is 1.44. The summed E-state index contributed by atoms with van der Waals surface area (Å²) in [5.41, 5.74) is -0.625. The molecule has 0 saturated carbocycles. The van der Waals surface area contributed by atoms with Gasteiger partial charge in [-0.3, -0.25) is 19.8 Å². The Balaban J connectivity index is 2.67. The van der Waals surface area contributed by atoms with Crippen LogP contribution in [0.15, 0.2) is 0 Å². The van der Waals surface area contributed by atoms with Crippen LogP contribution in [-0.2, 0) is 9.59 Å². The van der Waals surface area contributed by atoms with Crippen molar-refractivity contribution in [2.75, 3.05) is 33.7 Å². The number of piperazine rings is 1. The highest BCUT2D eigenvalue weighted by atomic mass is 16.2. The highest BCUT2D eigenvalue weighted by Gasteiger charge is 2.39. The van der Waals surface area contributed by atoms with Crippen LogP contribution in [0.3, 0.4) is 0 Å². The Bertz CT molecular complexity index is 274. The van der Waals surface area contributed by atoms with Crippen LogP contribution < -0.4 is 5.32 Å². The van der Waals surface area contributed by atoms with Gasteiger partial charge in [0, 0.05) is 13.1 Å². The molecule has 1 rings (SSSR count). The SMILES string of the molecule is CN(C)CCN1C(=O)CNC(C)(C)C1=O. The molecule has 5 nitrogen and oxygen atoms in total. The molecule has 0 aromatic carbocycles. The van der Waals surface area contributed by atoms with Gasteiger partial charge in [-0.15, -0.1) is 0 Å². The van der Waals surface area contributed by atoms with E-state index in [1.165, 1.54) is 4.90 Å². The monoisotopic (exact) mass is 213 g/mol. The van der Waals surface area contributed by atoms with Gasteiger partial charge in [0.1, 0.15) is 0 Å². The molecule has 0 radical (unpaired) electrons. The molecule has 0 aliphatic carbocycles. The second-order valence-electron chi connectivity index (χ2n) is 4.63. The summed E-state index contributed by atoms with van der Waals surface area (Å²) in [5.74, 6) is -0.276. The minimum atomic E-state index is -0.625. The Morgan fingerprint density at radius 3 is 2.53 bits per heavy atom. The minimum absolute atomic E-state index is 0.138. The van der Waals surface area contributed by atoms with E-state index in [9.17, 15) is 9.59 Å². The lowest BCUT2D eigenvalue weighted by Crippen LogP contribution is -2.64. The second-order valence-corrected chi connectivity index (χ2v) is 4.63. The standard InChI is InChI=1S/C10H19N3O2/c1-10(2)9(15)13(6-5-12(3)4)8(14)7-11-10/h11H,5-7H2,1-4H3. The van der Waals surface area contributed by atoms with Crippen molar-refractivity contribution in [1.82, 2.24) is 15.1 Å². The summed E-state index contributed by atoms with van der Waals surface area (Å²) in [7, 11) is 3.84. The largest absolute Gasteiger partial charge is 0.308 e. The normalized spacial score (nSPS) is 21.3. The Morgan fingerprint density at radius 2 is 2.00 bits per heavy atom. The zero-order chi connectivity index (χ0) is 11.6. The van der Waals surface area contributed by atoms with Crippen molar-refractivity contribution in [3.63, 3.8) is 0 Å². The van der Waals surface area contributed by atoms with Gasteiger partial charge in [0.25, 0.3) is 0 Å². The van der Waals surface area contributed by atoms with Crippen molar-refractivity contribution in [1.29, 1.82) is 0 Å². The highest BCUT2D eigenvalue weighted by molar-refractivity contribution is 6.03. The van der Waals surface area contributed by atoms with Crippen molar-refractivity contribution in [2.24, 2.45) is 0 Å². The van der Waals surface area contributed by atoms with Crippen LogP contribution in [0.25, 0.3) is 0 Å². The lowest BCUT2D eigenvalue weighted by Gasteiger charge is -2.36. The number of hydrogen-bond donors (Lipinski definition) is 1. The van der Waals surface area contributed by atoms with E-state index in [1.807, 2.05) is 19.0 Å². The molecule has 15 heavy (non-hydrogen) atoms. The number of rotatable bonds is 3. The number of nitrogens with one attached hydrogen (secondary N) is 1. The van der Waals surface area contributed by atoms with Gasteiger partial charge in [-0.25, -0.2) is 0 Å². The lowest BCUT2D eigenvalue weighted by molar-refractivity contribution is -0.152. The smallest absolute Gasteiger partial charge is 0.248 e. The Kier molecular flexibility index (Phi) is 3.46. The maximum atomic E-state index is 11.9. The summed E-state index contributed by atoms with van der Waals surface area (Å²) in [5, 5.41) is 2.92. The molecule has 0 unspecified atom stereocenters. The van der Waals surface area contributed by atoms with Crippen molar-refractivity contribution >= 4 is 11.8 Å². The summed E-state index contributed by atoms with van der Waals surface area (Å²) >= 11 is 0. The Morgan fingerprint density at radius 1 is 1.40 bits per heavy atom. The summed E-state index contributed by atoms with van der Waals surface area (Å²) in [6, 6.07) is 0. The van der Waals surface area contributed by atoms with Crippen molar-refractivity contribution in [3.8, 4) is 0 Å². The molecule has 1 heterocycles. The molecule has 1 aliphatic rings. The van der Waals surface area contributed by atoms with E-state index in [0.717, 1.165) is 0 Å². The van der Waals surface area contributed by atoms with E-state index in [1.54, 1.807) is 13.8 Å². The molecular formula is C10H19N3O2. The molecule has 1 aliphatic heterocycles. The first-order valence-electron chi connectivity index (χ1n) is 5.09. The van der Waals surface area contributed by atoms with Gasteiger partial charge in [0.15, 0.2) is 0 Å². The highest BCUT2D eigenvalue weighted by Crippen LogP contribution is 2.12. The third kappa shape index (κ3) is 2.76. The maximum Gasteiger partial charge on any atom is 0.248 e. The molecule has 1 fully saturated rings. The van der Waals surface area contributed by atoms with Gasteiger partial charge in [0.2, 0.25) is 11.8 Å². The molecular weight excluding hydrogens is 194 g/mol. The number of hydrogen-bond acceptors (Lipinski definition) is 4. The maximum absolute atomic E-state index is 11.9. The lowest BCUT2D eigenvalue weighted by atomic mass is 10.0. The number of carbonyl (C=O) groups excluding carboxylic acids is 2. The molecule has 1 N–H and O–H groups in total. The van der Waals surface area contributed by atoms with E-state index in [2.05, 4.69) is 5.32 Å². The molecule has 1 saturated heterocycles. The second kappa shape index (κ2) is 4.28. The number of amides is 2. The first-order chi connectivity index (χ1) is 6.84. The van der Waals surface area contributed by atoms with Crippen molar-refractivity contribution in [2.45, 2.75) is 19.4 Å². The first-order valence-corrected chi connectivity index (χ1v) is 5.09. The predicted octanol–water partition coefficient (Wildman–Crippen LogP) is -0.715. The summed E-state index contributed by atoms with van der Waals surface area (Å²) in [4.78, 5) is 26.7. The predicted molar refractivity (Wildman–Crippen MR) is 57.4 cm³/mol. The van der Waals surface area contributed by atoms with Gasteiger partial charge >= 0.3 is 0 Å². The molecule has 0 atom stereocenters. The van der Waals surface area contributed by atoms with E-state index in [4.69, 9.17) is 0 Å². The fraction of sp³-hybridized carbons (Fsp3) is 0.800. The number of nitrogens with zero attached hydrogens (tertiary/aromatic N) is 2. The Labute approximate surface area is 90.4 Å². The van der Waals surface area contributed by atoms with Gasteiger partial charge in [-0.1, -0.05) is 0 Å². The van der Waals surface area contributed by atoms with Crippen LogP contribution in [-0.4, -0.2) is 60.9 Å². The fourth-order valence-corrected chi connectivity index (χ4v) is 1.44. The van der Waals surface area contributed by atoms with Crippen LogP contribution >= 0.6 is 0 Å². The van der Waals surface area contributed by atoms with E-state index >= 15 is 0 Å². The minimum Gasteiger partial charge on any atom is -0.308 e. The average molecular weight is 213 g/mol. The average Bonchev–Trinajstić information content (AvgIpc) is 2.12. The topological polar surface area (TPSA) is 52.6 Å². The van der Waals surface area contributed by atoms with E-state index in [-0.39, 0.29) is 18.4 Å². The van der Waals surface area contributed by atoms with E-state index < -0.39 is 5.54 Å². The van der Waals surface area contributed by atoms with Crippen LogP contribution in [0.2, 0.25) is 0 Å². The zero-order valence-corrected chi connectivity index (χ0v) is 9.83. The quantitative estimate of drug-likeness (QED) is 0.629. The molecule has 2 amide bonds.